The summed E-state index contributed by atoms with van der Waals surface area (Å²) in [5.74, 6) is -0.939. The summed E-state index contributed by atoms with van der Waals surface area (Å²) in [5.41, 5.74) is -1.32. The molecule has 1 aromatic carbocycles. The predicted octanol–water partition coefficient (Wildman–Crippen LogP) is 5.01. The van der Waals surface area contributed by atoms with E-state index in [2.05, 4.69) is 10.1 Å². The van der Waals surface area contributed by atoms with Crippen molar-refractivity contribution in [2.45, 2.75) is 64.8 Å². The molecule has 0 unspecified atom stereocenters. The molecular weight excluding hydrogens is 471 g/mol. The molecule has 186 valence electrons. The van der Waals surface area contributed by atoms with Crippen molar-refractivity contribution in [3.63, 3.8) is 0 Å². The molecule has 1 saturated heterocycles. The number of oxime groups is 1. The molecule has 2 aromatic rings. The van der Waals surface area contributed by atoms with Gasteiger partial charge >= 0.3 is 6.18 Å². The predicted molar refractivity (Wildman–Crippen MR) is 122 cm³/mol. The van der Waals surface area contributed by atoms with E-state index in [0.29, 0.717) is 18.0 Å². The van der Waals surface area contributed by atoms with Gasteiger partial charge in [-0.05, 0) is 43.4 Å². The molecule has 1 atom stereocenters. The fraction of sp³-hybridized carbons (Fsp3) is 0.522. The number of carbonyl (C=O) groups excluding carboxylic acids is 1. The maximum atomic E-state index is 13.3. The number of carbonyl (C=O) groups is 1. The third-order valence-electron chi connectivity index (χ3n) is 5.23. The van der Waals surface area contributed by atoms with Crippen LogP contribution in [0.1, 0.15) is 61.3 Å². The van der Waals surface area contributed by atoms with Crippen LogP contribution in [0.5, 0.6) is 5.75 Å². The molecule has 34 heavy (non-hydrogen) atoms. The van der Waals surface area contributed by atoms with Crippen LogP contribution in [-0.4, -0.2) is 40.7 Å². The summed E-state index contributed by atoms with van der Waals surface area (Å²) >= 11 is 1.31. The van der Waals surface area contributed by atoms with Crippen LogP contribution in [-0.2, 0) is 22.9 Å². The van der Waals surface area contributed by atoms with Crippen LogP contribution in [0.3, 0.4) is 0 Å². The molecule has 1 aliphatic heterocycles. The quantitative estimate of drug-likeness (QED) is 0.344. The average molecular weight is 500 g/mol. The van der Waals surface area contributed by atoms with E-state index in [0.717, 1.165) is 35.9 Å². The number of rotatable bonds is 6. The molecule has 7 nitrogen and oxygen atoms in total. The Balaban J connectivity index is 2.05. The molecule has 0 aliphatic carbocycles. The van der Waals surface area contributed by atoms with E-state index in [1.165, 1.54) is 18.3 Å². The molecule has 1 N–H and O–H groups in total. The highest BCUT2D eigenvalue weighted by molar-refractivity contribution is 7.09. The van der Waals surface area contributed by atoms with Crippen molar-refractivity contribution < 1.29 is 32.6 Å². The second-order valence-corrected chi connectivity index (χ2v) is 10.2. The van der Waals surface area contributed by atoms with Gasteiger partial charge in [-0.1, -0.05) is 25.9 Å². The maximum Gasteiger partial charge on any atom is 0.416 e. The first kappa shape index (κ1) is 26.0. The summed E-state index contributed by atoms with van der Waals surface area (Å²) in [6, 6.07) is 2.64. The summed E-state index contributed by atoms with van der Waals surface area (Å²) in [5, 5.41) is 11.8. The number of amides is 1. The Bertz CT molecular complexity index is 1120. The van der Waals surface area contributed by atoms with E-state index in [9.17, 15) is 18.0 Å². The van der Waals surface area contributed by atoms with Crippen LogP contribution in [0.4, 0.5) is 13.2 Å². The van der Waals surface area contributed by atoms with Crippen LogP contribution < -0.4 is 9.54 Å². The number of ether oxygens (including phenoxy) is 2. The first-order valence-electron chi connectivity index (χ1n) is 10.8. The van der Waals surface area contributed by atoms with E-state index in [4.69, 9.17) is 14.7 Å². The van der Waals surface area contributed by atoms with E-state index in [-0.39, 0.29) is 35.2 Å². The van der Waals surface area contributed by atoms with Crippen molar-refractivity contribution in [2.75, 3.05) is 13.2 Å². The van der Waals surface area contributed by atoms with Crippen LogP contribution in [0, 0.1) is 0 Å². The van der Waals surface area contributed by atoms with Crippen molar-refractivity contribution in [3.05, 3.63) is 45.2 Å². The smallest absolute Gasteiger partial charge is 0.416 e. The zero-order valence-electron chi connectivity index (χ0n) is 19.5. The lowest BCUT2D eigenvalue weighted by Crippen LogP contribution is -2.23. The van der Waals surface area contributed by atoms with Gasteiger partial charge in [0.1, 0.15) is 12.4 Å². The Labute approximate surface area is 199 Å². The number of alkyl halides is 3. The third-order valence-corrected chi connectivity index (χ3v) is 6.67. The lowest BCUT2D eigenvalue weighted by atomic mass is 9.95. The lowest BCUT2D eigenvalue weighted by molar-refractivity contribution is -0.137. The second kappa shape index (κ2) is 10.3. The SMILES string of the molecule is C/C(COc1ccc(C(F)(F)F)cc1C(=O)/N=c1\sc(C(C)(C)C)cn1C[C@H]1CCCO1)=N\O. The summed E-state index contributed by atoms with van der Waals surface area (Å²) in [7, 11) is 0. The number of benzene rings is 1. The molecule has 1 fully saturated rings. The van der Waals surface area contributed by atoms with Gasteiger partial charge in [0.25, 0.3) is 5.91 Å². The normalized spacial score (nSPS) is 17.9. The fourth-order valence-corrected chi connectivity index (χ4v) is 4.37. The Morgan fingerprint density at radius 2 is 2.06 bits per heavy atom. The molecule has 1 aromatic heterocycles. The van der Waals surface area contributed by atoms with Crippen molar-refractivity contribution in [3.8, 4) is 5.75 Å². The van der Waals surface area contributed by atoms with Gasteiger partial charge in [-0.25, -0.2) is 0 Å². The maximum absolute atomic E-state index is 13.3. The Morgan fingerprint density at radius 3 is 2.65 bits per heavy atom. The highest BCUT2D eigenvalue weighted by Crippen LogP contribution is 2.33. The van der Waals surface area contributed by atoms with Gasteiger partial charge in [-0.15, -0.1) is 11.3 Å². The molecule has 0 saturated carbocycles. The van der Waals surface area contributed by atoms with E-state index in [1.54, 1.807) is 0 Å². The minimum atomic E-state index is -4.64. The molecule has 2 heterocycles. The van der Waals surface area contributed by atoms with Gasteiger partial charge in [0.15, 0.2) is 4.80 Å². The van der Waals surface area contributed by atoms with E-state index in [1.807, 2.05) is 31.5 Å². The summed E-state index contributed by atoms with van der Waals surface area (Å²) in [6.45, 7) is 8.54. The molecule has 3 rings (SSSR count). The first-order valence-corrected chi connectivity index (χ1v) is 11.6. The lowest BCUT2D eigenvalue weighted by Gasteiger charge is -2.15. The summed E-state index contributed by atoms with van der Waals surface area (Å²) in [6.07, 6.45) is -0.890. The van der Waals surface area contributed by atoms with E-state index >= 15 is 0 Å². The molecule has 0 bridgehead atoms. The fourth-order valence-electron chi connectivity index (χ4n) is 3.31. The van der Waals surface area contributed by atoms with Crippen molar-refractivity contribution >= 4 is 23.0 Å². The van der Waals surface area contributed by atoms with Crippen molar-refractivity contribution in [2.24, 2.45) is 10.1 Å². The molecule has 11 heteroatoms. The largest absolute Gasteiger partial charge is 0.487 e. The van der Waals surface area contributed by atoms with Crippen LogP contribution >= 0.6 is 11.3 Å². The van der Waals surface area contributed by atoms with Gasteiger partial charge in [0, 0.05) is 17.7 Å². The number of halogens is 3. The monoisotopic (exact) mass is 499 g/mol. The van der Waals surface area contributed by atoms with Crippen molar-refractivity contribution in [1.82, 2.24) is 4.57 Å². The Kier molecular flexibility index (Phi) is 7.87. The minimum absolute atomic E-state index is 0.00957. The minimum Gasteiger partial charge on any atom is -0.487 e. The molecular formula is C23H28F3N3O4S. The average Bonchev–Trinajstić information content (AvgIpc) is 3.41. The van der Waals surface area contributed by atoms with Gasteiger partial charge < -0.3 is 19.2 Å². The summed E-state index contributed by atoms with van der Waals surface area (Å²) < 4.78 is 53.0. The van der Waals surface area contributed by atoms with Gasteiger partial charge in [-0.3, -0.25) is 4.79 Å². The molecule has 0 spiro atoms. The summed E-state index contributed by atoms with van der Waals surface area (Å²) in [4.78, 5) is 18.7. The number of aromatic nitrogens is 1. The van der Waals surface area contributed by atoms with E-state index < -0.39 is 17.6 Å². The molecule has 1 aliphatic rings. The number of thiazole rings is 1. The number of hydrogen-bond donors (Lipinski definition) is 1. The second-order valence-electron chi connectivity index (χ2n) is 9.16. The molecule has 0 radical (unpaired) electrons. The zero-order valence-corrected chi connectivity index (χ0v) is 20.3. The van der Waals surface area contributed by atoms with Crippen LogP contribution in [0.15, 0.2) is 34.5 Å². The number of nitrogens with zero attached hydrogens (tertiary/aromatic N) is 3. The van der Waals surface area contributed by atoms with Gasteiger partial charge in [0.05, 0.1) is 29.5 Å². The highest BCUT2D eigenvalue weighted by atomic mass is 32.1. The van der Waals surface area contributed by atoms with Gasteiger partial charge in [0.2, 0.25) is 0 Å². The zero-order chi connectivity index (χ0) is 25.1. The third kappa shape index (κ3) is 6.47. The van der Waals surface area contributed by atoms with Crippen LogP contribution in [0.2, 0.25) is 0 Å². The Morgan fingerprint density at radius 1 is 1.32 bits per heavy atom. The first-order chi connectivity index (χ1) is 15.9. The Hall–Kier alpha value is -2.66. The standard InChI is InChI=1S/C23H28F3N3O4S/c1-14(28-31)13-33-18-8-7-15(23(24,25)26)10-17(18)20(30)27-21-29(11-16-6-5-9-32-16)12-19(34-21)22(2,3)4/h7-8,10,12,16,31H,5-6,9,11,13H2,1-4H3/b27-21-,28-14+/t16-/m1/s1. The van der Waals surface area contributed by atoms with Gasteiger partial charge in [-0.2, -0.15) is 18.2 Å². The highest BCUT2D eigenvalue weighted by Gasteiger charge is 2.32. The van der Waals surface area contributed by atoms with Crippen molar-refractivity contribution in [1.29, 1.82) is 0 Å². The topological polar surface area (TPSA) is 85.4 Å². The molecule has 1 amide bonds. The number of hydrogen-bond acceptors (Lipinski definition) is 6. The van der Waals surface area contributed by atoms with Crippen LogP contribution in [0.25, 0.3) is 0 Å².